The second-order valence-electron chi connectivity index (χ2n) is 8.65. The van der Waals surface area contributed by atoms with Gasteiger partial charge in [-0.25, -0.2) is 17.8 Å². The van der Waals surface area contributed by atoms with E-state index in [0.29, 0.717) is 11.1 Å². The van der Waals surface area contributed by atoms with Crippen molar-refractivity contribution < 1.29 is 32.2 Å². The Kier molecular flexibility index (Phi) is 8.23. The van der Waals surface area contributed by atoms with E-state index >= 15 is 0 Å². The number of carboxylic acids is 1. The number of aromatic nitrogens is 1. The molecule has 8 nitrogen and oxygen atoms in total. The molecule has 1 atom stereocenters. The van der Waals surface area contributed by atoms with Crippen LogP contribution in [0, 0.1) is 12.7 Å². The average molecular weight is 561 g/mol. The van der Waals surface area contributed by atoms with Crippen LogP contribution in [0.2, 0.25) is 5.02 Å². The first-order valence-electron chi connectivity index (χ1n) is 11.9. The van der Waals surface area contributed by atoms with Crippen molar-refractivity contribution in [3.05, 3.63) is 76.2 Å². The number of aliphatic carboxylic acids is 1. The van der Waals surface area contributed by atoms with Gasteiger partial charge < -0.3 is 14.6 Å². The minimum atomic E-state index is -4.21. The van der Waals surface area contributed by atoms with Crippen molar-refractivity contribution in [2.24, 2.45) is 0 Å². The zero-order valence-electron chi connectivity index (χ0n) is 20.7. The molecule has 1 aromatic heterocycles. The van der Waals surface area contributed by atoms with Gasteiger partial charge in [-0.1, -0.05) is 29.8 Å². The fourth-order valence-corrected chi connectivity index (χ4v) is 5.92. The molecule has 4 rings (SSSR count). The lowest BCUT2D eigenvalue weighted by atomic mass is 10.1. The summed E-state index contributed by atoms with van der Waals surface area (Å²) in [6, 6.07) is 10.8. The lowest BCUT2D eigenvalue weighted by Crippen LogP contribution is -2.44. The van der Waals surface area contributed by atoms with Crippen LogP contribution in [0.5, 0.6) is 11.6 Å². The molecule has 0 fully saturated rings. The number of hydrogen-bond donors (Lipinski definition) is 1. The number of pyridine rings is 1. The van der Waals surface area contributed by atoms with Crippen molar-refractivity contribution in [1.29, 1.82) is 0 Å². The molecule has 0 saturated heterocycles. The van der Waals surface area contributed by atoms with Gasteiger partial charge >= 0.3 is 5.97 Å². The molecule has 1 N–H and O–H groups in total. The van der Waals surface area contributed by atoms with Crippen LogP contribution in [0.1, 0.15) is 36.5 Å². The second-order valence-corrected chi connectivity index (χ2v) is 10.9. The number of ether oxygens (including phenoxy) is 2. The number of rotatable bonds is 9. The number of anilines is 1. The molecule has 11 heteroatoms. The van der Waals surface area contributed by atoms with Crippen molar-refractivity contribution >= 4 is 45.4 Å². The molecule has 2 aromatic carbocycles. The van der Waals surface area contributed by atoms with Crippen LogP contribution < -0.4 is 13.8 Å². The van der Waals surface area contributed by atoms with Gasteiger partial charge in [0.1, 0.15) is 22.6 Å². The Morgan fingerprint density at radius 3 is 2.79 bits per heavy atom. The Balaban J connectivity index is 1.79. The third-order valence-electron chi connectivity index (χ3n) is 5.84. The highest BCUT2D eigenvalue weighted by Gasteiger charge is 2.37. The maximum absolute atomic E-state index is 14.2. The maximum atomic E-state index is 14.2. The first kappa shape index (κ1) is 27.4. The van der Waals surface area contributed by atoms with Gasteiger partial charge in [-0.2, -0.15) is 0 Å². The monoisotopic (exact) mass is 560 g/mol. The quantitative estimate of drug-likeness (QED) is 0.341. The summed E-state index contributed by atoms with van der Waals surface area (Å²) in [5, 5.41) is 9.38. The molecule has 1 aliphatic heterocycles. The number of benzene rings is 2. The average Bonchev–Trinajstić information content (AvgIpc) is 2.87. The van der Waals surface area contributed by atoms with E-state index < -0.39 is 27.9 Å². The highest BCUT2D eigenvalue weighted by Crippen LogP contribution is 2.40. The van der Waals surface area contributed by atoms with Gasteiger partial charge in [0.25, 0.3) is 10.0 Å². The zero-order valence-corrected chi connectivity index (χ0v) is 22.3. The van der Waals surface area contributed by atoms with Crippen LogP contribution in [0.3, 0.4) is 0 Å². The van der Waals surface area contributed by atoms with Crippen molar-refractivity contribution in [3.63, 3.8) is 0 Å². The molecular weight excluding hydrogens is 535 g/mol. The summed E-state index contributed by atoms with van der Waals surface area (Å²) in [6.45, 7) is 3.55. The molecule has 38 heavy (non-hydrogen) atoms. The summed E-state index contributed by atoms with van der Waals surface area (Å²) in [4.78, 5) is 15.2. The van der Waals surface area contributed by atoms with Crippen molar-refractivity contribution in [2.45, 2.75) is 37.7 Å². The van der Waals surface area contributed by atoms with E-state index in [2.05, 4.69) is 4.98 Å². The fraction of sp³-hybridized carbons (Fsp3) is 0.259. The predicted octanol–water partition coefficient (Wildman–Crippen LogP) is 5.57. The minimum Gasteiger partial charge on any atom is -0.486 e. The Morgan fingerprint density at radius 1 is 1.29 bits per heavy atom. The first-order chi connectivity index (χ1) is 18.1. The van der Waals surface area contributed by atoms with E-state index in [4.69, 9.17) is 26.2 Å². The molecule has 0 unspecified atom stereocenters. The molecule has 0 radical (unpaired) electrons. The van der Waals surface area contributed by atoms with Crippen LogP contribution >= 0.6 is 11.6 Å². The third-order valence-corrected chi connectivity index (χ3v) is 7.95. The number of aryl methyl sites for hydroxylation is 1. The molecule has 0 bridgehead atoms. The van der Waals surface area contributed by atoms with E-state index in [0.717, 1.165) is 0 Å². The number of carboxylic acid groups (broad SMARTS) is 1. The number of hydrogen-bond acceptors (Lipinski definition) is 6. The van der Waals surface area contributed by atoms with Crippen molar-refractivity contribution in [1.82, 2.24) is 4.98 Å². The Bertz CT molecular complexity index is 1470. The molecule has 200 valence electrons. The van der Waals surface area contributed by atoms with Gasteiger partial charge in [-0.05, 0) is 67.8 Å². The van der Waals surface area contributed by atoms with Crippen LogP contribution in [-0.2, 0) is 14.8 Å². The third kappa shape index (κ3) is 5.92. The summed E-state index contributed by atoms with van der Waals surface area (Å²) in [5.41, 5.74) is 1.65. The Morgan fingerprint density at radius 2 is 2.08 bits per heavy atom. The summed E-state index contributed by atoms with van der Waals surface area (Å²) in [7, 11) is -4.21. The highest BCUT2D eigenvalue weighted by molar-refractivity contribution is 7.93. The summed E-state index contributed by atoms with van der Waals surface area (Å²) < 4.78 is 54.9. The minimum absolute atomic E-state index is 0.0292. The van der Waals surface area contributed by atoms with Crippen LogP contribution in [0.15, 0.2) is 53.6 Å². The predicted molar refractivity (Wildman–Crippen MR) is 143 cm³/mol. The summed E-state index contributed by atoms with van der Waals surface area (Å²) in [5.74, 6) is -1.26. The zero-order chi connectivity index (χ0) is 27.4. The largest absolute Gasteiger partial charge is 0.486 e. The van der Waals surface area contributed by atoms with E-state index in [-0.39, 0.29) is 58.8 Å². The molecule has 0 amide bonds. The SMILES string of the molecule is CCOc1ncc(C)cc1S(=O)(=O)N1C[C@H](CCC(=O)O)Oc2ccc(/C=C/c3c(F)cccc3Cl)cc21. The normalized spacial score (nSPS) is 15.3. The summed E-state index contributed by atoms with van der Waals surface area (Å²) >= 11 is 6.12. The van der Waals surface area contributed by atoms with Gasteiger partial charge in [-0.3, -0.25) is 9.10 Å². The lowest BCUT2D eigenvalue weighted by molar-refractivity contribution is -0.137. The van der Waals surface area contributed by atoms with Crippen LogP contribution in [0.25, 0.3) is 12.2 Å². The smallest absolute Gasteiger partial charge is 0.303 e. The molecule has 2 heterocycles. The lowest BCUT2D eigenvalue weighted by Gasteiger charge is -2.35. The molecule has 3 aromatic rings. The van der Waals surface area contributed by atoms with E-state index in [1.807, 2.05) is 0 Å². The summed E-state index contributed by atoms with van der Waals surface area (Å²) in [6.07, 6.45) is 3.87. The fourth-order valence-electron chi connectivity index (χ4n) is 4.02. The van der Waals surface area contributed by atoms with Gasteiger partial charge in [-0.15, -0.1) is 0 Å². The van der Waals surface area contributed by atoms with Gasteiger partial charge in [0.15, 0.2) is 0 Å². The number of fused-ring (bicyclic) bond motifs is 1. The van der Waals surface area contributed by atoms with Gasteiger partial charge in [0, 0.05) is 18.2 Å². The van der Waals surface area contributed by atoms with Gasteiger partial charge in [0.05, 0.1) is 23.9 Å². The van der Waals surface area contributed by atoms with Crippen molar-refractivity contribution in [3.8, 4) is 11.6 Å². The second kappa shape index (κ2) is 11.4. The molecule has 0 aliphatic carbocycles. The number of sulfonamides is 1. The molecule has 1 aliphatic rings. The Hall–Kier alpha value is -3.63. The first-order valence-corrected chi connectivity index (χ1v) is 13.7. The van der Waals surface area contributed by atoms with Crippen LogP contribution in [-0.4, -0.2) is 43.7 Å². The number of nitrogens with zero attached hydrogens (tertiary/aromatic N) is 2. The molecule has 0 saturated carbocycles. The van der Waals surface area contributed by atoms with E-state index in [1.54, 1.807) is 44.2 Å². The molecular formula is C27H26ClFN2O6S. The topological polar surface area (TPSA) is 106 Å². The van der Waals surface area contributed by atoms with Crippen LogP contribution in [0.4, 0.5) is 10.1 Å². The van der Waals surface area contributed by atoms with Gasteiger partial charge in [0.2, 0.25) is 5.88 Å². The van der Waals surface area contributed by atoms with E-state index in [1.165, 1.54) is 34.8 Å². The number of carbonyl (C=O) groups is 1. The standard InChI is InChI=1S/C27H26ClFN2O6S/c1-3-36-27-25(13-17(2)15-30-27)38(34,35)31-16-19(9-12-26(32)33)37-24-11-8-18(14-23(24)31)7-10-20-21(28)5-4-6-22(20)29/h4-8,10-11,13-15,19H,3,9,12,16H2,1-2H3,(H,32,33)/b10-7+/t19-/m0/s1. The molecule has 0 spiro atoms. The van der Waals surface area contributed by atoms with E-state index in [9.17, 15) is 17.6 Å². The Labute approximate surface area is 225 Å². The van der Waals surface area contributed by atoms with Crippen molar-refractivity contribution in [2.75, 3.05) is 17.5 Å². The maximum Gasteiger partial charge on any atom is 0.303 e. The number of halogens is 2. The highest BCUT2D eigenvalue weighted by atomic mass is 35.5.